The van der Waals surface area contributed by atoms with E-state index in [9.17, 15) is 10.1 Å². The van der Waals surface area contributed by atoms with Gasteiger partial charge in [-0.3, -0.25) is 10.1 Å². The molecule has 0 bridgehead atoms. The van der Waals surface area contributed by atoms with Crippen molar-refractivity contribution in [1.82, 2.24) is 9.78 Å². The van der Waals surface area contributed by atoms with Crippen molar-refractivity contribution in [2.45, 2.75) is 13.0 Å². The van der Waals surface area contributed by atoms with Crippen LogP contribution < -0.4 is 19.7 Å². The highest BCUT2D eigenvalue weighted by Gasteiger charge is 2.42. The summed E-state index contributed by atoms with van der Waals surface area (Å²) in [4.78, 5) is 23.8. The maximum atomic E-state index is 11.9. The molecule has 1 aromatic heterocycles. The van der Waals surface area contributed by atoms with Gasteiger partial charge in [0.1, 0.15) is 11.5 Å². The number of hydrogen-bond acceptors (Lipinski definition) is 9. The Hall–Kier alpha value is -5.97. The Bertz CT molecular complexity index is 1980. The molecular formula is C33H27N7O4. The molecule has 2 aliphatic heterocycles. The summed E-state index contributed by atoms with van der Waals surface area (Å²) in [6.45, 7) is 1.94. The third kappa shape index (κ3) is 4.42. The zero-order valence-electron chi connectivity index (χ0n) is 24.1. The number of nitrogens with one attached hydrogen (secondary N) is 1. The lowest BCUT2D eigenvalue weighted by Crippen LogP contribution is -2.46. The number of para-hydroxylation sites is 3. The number of fused-ring (bicyclic) bond motifs is 4. The fraction of sp³-hybridized carbons (Fsp3) is 0.121. The summed E-state index contributed by atoms with van der Waals surface area (Å²) in [5.74, 6) is 2.84. The number of aliphatic imine (C=N–C) groups is 2. The standard InChI is InChI=1S/C33H27N7O4/c1-20-29-30(21-10-9-13-23(18-21)40(41)42)38-27-15-8-7-14-25(27)34-31(35-26-17-16-24(43-2)19-28(26)44-3)33(38)36-32(29)39(37-20)22-11-5-4-6-12-22/h4-19,30H,1-3H3,(H,34,35)/t30-/m0/s1. The van der Waals surface area contributed by atoms with Crippen LogP contribution in [0.4, 0.5) is 28.6 Å². The van der Waals surface area contributed by atoms with Crippen LogP contribution in [0.1, 0.15) is 22.9 Å². The van der Waals surface area contributed by atoms with Gasteiger partial charge in [-0.25, -0.2) is 14.7 Å². The van der Waals surface area contributed by atoms with Crippen molar-refractivity contribution in [1.29, 1.82) is 0 Å². The fourth-order valence-electron chi connectivity index (χ4n) is 5.70. The number of methoxy groups -OCH3 is 2. The van der Waals surface area contributed by atoms with Gasteiger partial charge in [0.05, 0.1) is 53.6 Å². The van der Waals surface area contributed by atoms with Gasteiger partial charge in [0, 0.05) is 23.8 Å². The highest BCUT2D eigenvalue weighted by Crippen LogP contribution is 2.48. The normalized spacial score (nSPS) is 14.9. The summed E-state index contributed by atoms with van der Waals surface area (Å²) in [5, 5.41) is 20.3. The van der Waals surface area contributed by atoms with Crippen molar-refractivity contribution in [3.63, 3.8) is 0 Å². The van der Waals surface area contributed by atoms with Crippen LogP contribution in [-0.4, -0.2) is 40.6 Å². The molecule has 7 rings (SSSR count). The third-order valence-electron chi connectivity index (χ3n) is 7.70. The molecule has 2 aliphatic rings. The number of nitro benzene ring substituents is 1. The lowest BCUT2D eigenvalue weighted by molar-refractivity contribution is -0.384. The molecule has 0 amide bonds. The number of non-ortho nitro benzene ring substituents is 1. The van der Waals surface area contributed by atoms with Gasteiger partial charge in [0.15, 0.2) is 17.5 Å². The Balaban J connectivity index is 1.49. The van der Waals surface area contributed by atoms with E-state index < -0.39 is 6.04 Å². The first-order valence-corrected chi connectivity index (χ1v) is 13.9. The summed E-state index contributed by atoms with van der Waals surface area (Å²) < 4.78 is 12.9. The van der Waals surface area contributed by atoms with Crippen molar-refractivity contribution in [3.8, 4) is 17.2 Å². The molecule has 0 aliphatic carbocycles. The second-order valence-corrected chi connectivity index (χ2v) is 10.3. The molecule has 3 heterocycles. The smallest absolute Gasteiger partial charge is 0.269 e. The van der Waals surface area contributed by atoms with E-state index in [4.69, 9.17) is 24.6 Å². The van der Waals surface area contributed by atoms with E-state index in [1.54, 1.807) is 32.4 Å². The number of benzene rings is 4. The van der Waals surface area contributed by atoms with Gasteiger partial charge in [0.25, 0.3) is 5.69 Å². The minimum Gasteiger partial charge on any atom is -0.497 e. The number of amidine groups is 2. The number of hydrogen-bond donors (Lipinski definition) is 1. The van der Waals surface area contributed by atoms with E-state index >= 15 is 0 Å². The summed E-state index contributed by atoms with van der Waals surface area (Å²) in [5.41, 5.74) is 5.36. The van der Waals surface area contributed by atoms with Gasteiger partial charge in [-0.1, -0.05) is 42.5 Å². The van der Waals surface area contributed by atoms with Gasteiger partial charge in [0.2, 0.25) is 0 Å². The van der Waals surface area contributed by atoms with Gasteiger partial charge < -0.3 is 19.7 Å². The quantitative estimate of drug-likeness (QED) is 0.170. The Kier molecular flexibility index (Phi) is 6.54. The second-order valence-electron chi connectivity index (χ2n) is 10.3. The molecule has 4 aromatic carbocycles. The summed E-state index contributed by atoms with van der Waals surface area (Å²) in [6.07, 6.45) is 0. The Labute approximate surface area is 252 Å². The molecule has 1 N–H and O–H groups in total. The molecular weight excluding hydrogens is 558 g/mol. The summed E-state index contributed by atoms with van der Waals surface area (Å²) in [6, 6.07) is 29.2. The number of rotatable bonds is 6. The molecule has 5 aromatic rings. The van der Waals surface area contributed by atoms with E-state index in [1.165, 1.54) is 6.07 Å². The van der Waals surface area contributed by atoms with Crippen molar-refractivity contribution < 1.29 is 14.4 Å². The highest BCUT2D eigenvalue weighted by molar-refractivity contribution is 6.51. The summed E-state index contributed by atoms with van der Waals surface area (Å²) >= 11 is 0. The van der Waals surface area contributed by atoms with Crippen LogP contribution >= 0.6 is 0 Å². The first kappa shape index (κ1) is 26.9. The fourth-order valence-corrected chi connectivity index (χ4v) is 5.70. The zero-order valence-corrected chi connectivity index (χ0v) is 24.1. The van der Waals surface area contributed by atoms with Gasteiger partial charge in [-0.15, -0.1) is 0 Å². The van der Waals surface area contributed by atoms with Crippen LogP contribution in [0.5, 0.6) is 11.5 Å². The van der Waals surface area contributed by atoms with E-state index in [1.807, 2.05) is 84.4 Å². The van der Waals surface area contributed by atoms with Crippen molar-refractivity contribution in [3.05, 3.63) is 124 Å². The third-order valence-corrected chi connectivity index (χ3v) is 7.70. The molecule has 218 valence electrons. The van der Waals surface area contributed by atoms with Crippen LogP contribution in [0.25, 0.3) is 5.69 Å². The zero-order chi connectivity index (χ0) is 30.4. The predicted octanol–water partition coefficient (Wildman–Crippen LogP) is 6.90. The molecule has 0 saturated heterocycles. The molecule has 11 heteroatoms. The topological polar surface area (TPSA) is 119 Å². The number of aryl methyl sites for hydroxylation is 1. The van der Waals surface area contributed by atoms with E-state index in [2.05, 4.69) is 10.2 Å². The Morgan fingerprint density at radius 2 is 1.68 bits per heavy atom. The molecule has 0 unspecified atom stereocenters. The molecule has 0 radical (unpaired) electrons. The van der Waals surface area contributed by atoms with Crippen LogP contribution in [-0.2, 0) is 0 Å². The maximum absolute atomic E-state index is 11.9. The minimum absolute atomic E-state index is 0.00139. The summed E-state index contributed by atoms with van der Waals surface area (Å²) in [7, 11) is 3.19. The molecule has 1 atom stereocenters. The van der Waals surface area contributed by atoms with E-state index in [0.29, 0.717) is 40.4 Å². The van der Waals surface area contributed by atoms with Gasteiger partial charge >= 0.3 is 0 Å². The van der Waals surface area contributed by atoms with Gasteiger partial charge in [-0.05, 0) is 48.9 Å². The van der Waals surface area contributed by atoms with Crippen molar-refractivity contribution in [2.24, 2.45) is 9.98 Å². The minimum atomic E-state index is -0.499. The monoisotopic (exact) mass is 585 g/mol. The molecule has 0 saturated carbocycles. The average Bonchev–Trinajstić information content (AvgIpc) is 3.40. The maximum Gasteiger partial charge on any atom is 0.269 e. The van der Waals surface area contributed by atoms with Gasteiger partial charge in [-0.2, -0.15) is 5.10 Å². The van der Waals surface area contributed by atoms with Crippen LogP contribution in [0.3, 0.4) is 0 Å². The van der Waals surface area contributed by atoms with Crippen molar-refractivity contribution >= 4 is 40.2 Å². The first-order chi connectivity index (χ1) is 21.5. The van der Waals surface area contributed by atoms with E-state index in [0.717, 1.165) is 28.2 Å². The Morgan fingerprint density at radius 1 is 0.886 bits per heavy atom. The lowest BCUT2D eigenvalue weighted by atomic mass is 9.93. The first-order valence-electron chi connectivity index (χ1n) is 13.9. The number of ether oxygens (including phenoxy) is 2. The lowest BCUT2D eigenvalue weighted by Gasteiger charge is -2.40. The van der Waals surface area contributed by atoms with Crippen LogP contribution in [0.15, 0.2) is 107 Å². The molecule has 11 nitrogen and oxygen atoms in total. The number of nitro groups is 1. The number of aromatic nitrogens is 2. The van der Waals surface area contributed by atoms with Crippen molar-refractivity contribution in [2.75, 3.05) is 24.4 Å². The predicted molar refractivity (Wildman–Crippen MR) is 170 cm³/mol. The SMILES string of the molecule is COc1ccc(NC2=Nc3ccccc3N3C2=Nc2c(c(C)nn2-c2ccccc2)[C@@H]3c2cccc([N+](=O)[O-])c2)c(OC)c1. The highest BCUT2D eigenvalue weighted by atomic mass is 16.6. The average molecular weight is 586 g/mol. The molecule has 44 heavy (non-hydrogen) atoms. The largest absolute Gasteiger partial charge is 0.497 e. The Morgan fingerprint density at radius 3 is 2.45 bits per heavy atom. The molecule has 0 fully saturated rings. The number of anilines is 2. The van der Waals surface area contributed by atoms with E-state index in [-0.39, 0.29) is 10.6 Å². The second kappa shape index (κ2) is 10.7. The van der Waals surface area contributed by atoms with Crippen LogP contribution in [0.2, 0.25) is 0 Å². The van der Waals surface area contributed by atoms with Crippen LogP contribution in [0, 0.1) is 17.0 Å². The molecule has 0 spiro atoms. The number of nitrogens with zero attached hydrogens (tertiary/aromatic N) is 6.